The van der Waals surface area contributed by atoms with E-state index in [1.54, 1.807) is 0 Å². The summed E-state index contributed by atoms with van der Waals surface area (Å²) in [7, 11) is 0. The van der Waals surface area contributed by atoms with Crippen LogP contribution in [0.25, 0.3) is 0 Å². The van der Waals surface area contributed by atoms with E-state index in [1.165, 1.54) is 37.7 Å². The molecule has 1 N–H and O–H groups in total. The molecule has 1 aliphatic carbocycles. The summed E-state index contributed by atoms with van der Waals surface area (Å²) < 4.78 is 5.86. The predicted octanol–water partition coefficient (Wildman–Crippen LogP) is 3.13. The van der Waals surface area contributed by atoms with Crippen LogP contribution in [0.2, 0.25) is 0 Å². The molecule has 0 aromatic heterocycles. The van der Waals surface area contributed by atoms with Gasteiger partial charge in [-0.05, 0) is 18.4 Å². The highest BCUT2D eigenvalue weighted by molar-refractivity contribution is 5.14. The molecule has 1 fully saturated rings. The van der Waals surface area contributed by atoms with Crippen LogP contribution in [0.5, 0.6) is 0 Å². The van der Waals surface area contributed by atoms with Crippen LogP contribution in [0, 0.1) is 0 Å². The first-order valence-corrected chi connectivity index (χ1v) is 6.81. The molecule has 2 heteroatoms. The zero-order valence-electron chi connectivity index (χ0n) is 10.5. The minimum atomic E-state index is 0.530. The highest BCUT2D eigenvalue weighted by Crippen LogP contribution is 2.19. The van der Waals surface area contributed by atoms with Gasteiger partial charge in [-0.15, -0.1) is 0 Å². The second kappa shape index (κ2) is 7.46. The molecule has 17 heavy (non-hydrogen) atoms. The Hall–Kier alpha value is -0.860. The van der Waals surface area contributed by atoms with Gasteiger partial charge in [-0.25, -0.2) is 0 Å². The third-order valence-corrected chi connectivity index (χ3v) is 3.36. The van der Waals surface area contributed by atoms with E-state index in [4.69, 9.17) is 4.74 Å². The molecule has 0 unspecified atom stereocenters. The fourth-order valence-corrected chi connectivity index (χ4v) is 2.36. The van der Waals surface area contributed by atoms with E-state index >= 15 is 0 Å². The molecule has 0 amide bonds. The number of rotatable bonds is 6. The van der Waals surface area contributed by atoms with E-state index in [-0.39, 0.29) is 0 Å². The monoisotopic (exact) mass is 233 g/mol. The highest BCUT2D eigenvalue weighted by atomic mass is 16.5. The van der Waals surface area contributed by atoms with E-state index in [9.17, 15) is 0 Å². The largest absolute Gasteiger partial charge is 0.377 e. The van der Waals surface area contributed by atoms with Crippen LogP contribution in [0.1, 0.15) is 37.7 Å². The molecule has 94 valence electrons. The van der Waals surface area contributed by atoms with Crippen LogP contribution in [0.15, 0.2) is 30.3 Å². The molecule has 1 saturated carbocycles. The van der Waals surface area contributed by atoms with Crippen molar-refractivity contribution in [2.24, 2.45) is 0 Å². The van der Waals surface area contributed by atoms with Crippen molar-refractivity contribution < 1.29 is 4.74 Å². The molecule has 0 radical (unpaired) electrons. The van der Waals surface area contributed by atoms with Gasteiger partial charge < -0.3 is 10.1 Å². The summed E-state index contributed by atoms with van der Waals surface area (Å²) in [5.41, 5.74) is 1.34. The van der Waals surface area contributed by atoms with E-state index < -0.39 is 0 Å². The fraction of sp³-hybridized carbons (Fsp3) is 0.600. The second-order valence-corrected chi connectivity index (χ2v) is 4.79. The first-order valence-electron chi connectivity index (χ1n) is 6.81. The number of hydrogen-bond donors (Lipinski definition) is 1. The van der Waals surface area contributed by atoms with Gasteiger partial charge in [-0.2, -0.15) is 0 Å². The lowest BCUT2D eigenvalue weighted by molar-refractivity contribution is 0.0302. The topological polar surface area (TPSA) is 21.3 Å². The van der Waals surface area contributed by atoms with Gasteiger partial charge in [-0.1, -0.05) is 49.6 Å². The minimum Gasteiger partial charge on any atom is -0.377 e. The third kappa shape index (κ3) is 4.88. The number of ether oxygens (including phenoxy) is 1. The highest BCUT2D eigenvalue weighted by Gasteiger charge is 2.12. The standard InChI is InChI=1S/C15H23NO/c1-3-7-14(8-4-1)13-16-11-12-17-15-9-5-2-6-10-15/h1,3-4,7-8,15-16H,2,5-6,9-13H2. The lowest BCUT2D eigenvalue weighted by Crippen LogP contribution is -2.24. The van der Waals surface area contributed by atoms with Gasteiger partial charge in [-0.3, -0.25) is 0 Å². The Balaban J connectivity index is 1.51. The van der Waals surface area contributed by atoms with Crippen molar-refractivity contribution in [3.8, 4) is 0 Å². The summed E-state index contributed by atoms with van der Waals surface area (Å²) in [5, 5.41) is 3.42. The first-order chi connectivity index (χ1) is 8.45. The zero-order valence-corrected chi connectivity index (χ0v) is 10.5. The van der Waals surface area contributed by atoms with Crippen molar-refractivity contribution in [3.05, 3.63) is 35.9 Å². The first kappa shape index (κ1) is 12.6. The normalized spacial score (nSPS) is 17.2. The van der Waals surface area contributed by atoms with Gasteiger partial charge >= 0.3 is 0 Å². The summed E-state index contributed by atoms with van der Waals surface area (Å²) in [6.45, 7) is 2.73. The molecule has 1 aromatic carbocycles. The van der Waals surface area contributed by atoms with Crippen molar-refractivity contribution >= 4 is 0 Å². The fourth-order valence-electron chi connectivity index (χ4n) is 2.36. The Kier molecular flexibility index (Phi) is 5.53. The lowest BCUT2D eigenvalue weighted by atomic mass is 9.98. The van der Waals surface area contributed by atoms with Crippen molar-refractivity contribution in [1.29, 1.82) is 0 Å². The molecule has 2 nitrogen and oxygen atoms in total. The minimum absolute atomic E-state index is 0.530. The molecule has 1 aromatic rings. The molecule has 0 bridgehead atoms. The van der Waals surface area contributed by atoms with Crippen LogP contribution in [0.3, 0.4) is 0 Å². The Morgan fingerprint density at radius 1 is 1.06 bits per heavy atom. The lowest BCUT2D eigenvalue weighted by Gasteiger charge is -2.22. The molecule has 1 aliphatic rings. The Morgan fingerprint density at radius 2 is 1.82 bits per heavy atom. The molecule has 0 saturated heterocycles. The molecular weight excluding hydrogens is 210 g/mol. The average molecular weight is 233 g/mol. The summed E-state index contributed by atoms with van der Waals surface area (Å²) in [6.07, 6.45) is 7.15. The van der Waals surface area contributed by atoms with Crippen LogP contribution in [-0.4, -0.2) is 19.3 Å². The van der Waals surface area contributed by atoms with Crippen LogP contribution < -0.4 is 5.32 Å². The van der Waals surface area contributed by atoms with Crippen molar-refractivity contribution in [3.63, 3.8) is 0 Å². The molecule has 0 heterocycles. The number of hydrogen-bond acceptors (Lipinski definition) is 2. The summed E-state index contributed by atoms with van der Waals surface area (Å²) >= 11 is 0. The van der Waals surface area contributed by atoms with Gasteiger partial charge in [0.2, 0.25) is 0 Å². The molecule has 0 aliphatic heterocycles. The van der Waals surface area contributed by atoms with E-state index in [0.717, 1.165) is 19.7 Å². The Morgan fingerprint density at radius 3 is 2.59 bits per heavy atom. The molecular formula is C15H23NO. The van der Waals surface area contributed by atoms with E-state index in [2.05, 4.69) is 35.6 Å². The van der Waals surface area contributed by atoms with Gasteiger partial charge in [0.15, 0.2) is 0 Å². The van der Waals surface area contributed by atoms with Gasteiger partial charge in [0.05, 0.1) is 12.7 Å². The quantitative estimate of drug-likeness (QED) is 0.762. The average Bonchev–Trinajstić information content (AvgIpc) is 2.41. The summed E-state index contributed by atoms with van der Waals surface area (Å²) in [4.78, 5) is 0. The van der Waals surface area contributed by atoms with Crippen molar-refractivity contribution in [2.75, 3.05) is 13.2 Å². The van der Waals surface area contributed by atoms with Crippen LogP contribution in [-0.2, 0) is 11.3 Å². The number of benzene rings is 1. The summed E-state index contributed by atoms with van der Waals surface area (Å²) in [5.74, 6) is 0. The second-order valence-electron chi connectivity index (χ2n) is 4.79. The number of nitrogens with one attached hydrogen (secondary N) is 1. The van der Waals surface area contributed by atoms with Gasteiger partial charge in [0, 0.05) is 13.1 Å². The van der Waals surface area contributed by atoms with E-state index in [1.807, 2.05) is 0 Å². The predicted molar refractivity (Wildman–Crippen MR) is 71.0 cm³/mol. The smallest absolute Gasteiger partial charge is 0.0594 e. The third-order valence-electron chi connectivity index (χ3n) is 3.36. The van der Waals surface area contributed by atoms with Crippen molar-refractivity contribution in [2.45, 2.75) is 44.8 Å². The van der Waals surface area contributed by atoms with Gasteiger partial charge in [0.25, 0.3) is 0 Å². The Bertz CT molecular complexity index is 293. The maximum Gasteiger partial charge on any atom is 0.0594 e. The van der Waals surface area contributed by atoms with Gasteiger partial charge in [0.1, 0.15) is 0 Å². The SMILES string of the molecule is c1ccc(CNCCOC2CCCCC2)cc1. The van der Waals surface area contributed by atoms with Crippen molar-refractivity contribution in [1.82, 2.24) is 5.32 Å². The van der Waals surface area contributed by atoms with Crippen LogP contribution in [0.4, 0.5) is 0 Å². The summed E-state index contributed by atoms with van der Waals surface area (Å²) in [6, 6.07) is 10.5. The molecule has 2 rings (SSSR count). The Labute approximate surface area is 104 Å². The maximum atomic E-state index is 5.86. The maximum absolute atomic E-state index is 5.86. The van der Waals surface area contributed by atoms with E-state index in [0.29, 0.717) is 6.10 Å². The van der Waals surface area contributed by atoms with Crippen LogP contribution >= 0.6 is 0 Å². The molecule has 0 spiro atoms. The zero-order chi connectivity index (χ0) is 11.8. The molecule has 0 atom stereocenters.